The van der Waals surface area contributed by atoms with Gasteiger partial charge in [0.1, 0.15) is 0 Å². The van der Waals surface area contributed by atoms with Gasteiger partial charge in [0.15, 0.2) is 5.96 Å². The van der Waals surface area contributed by atoms with Gasteiger partial charge in [-0.15, -0.1) is 24.0 Å². The van der Waals surface area contributed by atoms with E-state index in [0.717, 1.165) is 6.42 Å². The Kier molecular flexibility index (Phi) is 10.0. The second kappa shape index (κ2) is 8.59. The van der Waals surface area contributed by atoms with Gasteiger partial charge in [-0.3, -0.25) is 4.99 Å². The summed E-state index contributed by atoms with van der Waals surface area (Å²) < 4.78 is 0. The highest BCUT2D eigenvalue weighted by molar-refractivity contribution is 14.0. The van der Waals surface area contributed by atoms with Crippen molar-refractivity contribution in [1.29, 1.82) is 5.26 Å². The number of nitriles is 1. The van der Waals surface area contributed by atoms with Gasteiger partial charge < -0.3 is 10.6 Å². The van der Waals surface area contributed by atoms with Crippen LogP contribution in [-0.2, 0) is 0 Å². The van der Waals surface area contributed by atoms with Crippen LogP contribution in [0.1, 0.15) is 12.8 Å². The lowest BCUT2D eigenvalue weighted by Crippen LogP contribution is -2.30. The molecule has 0 spiro atoms. The zero-order valence-corrected chi connectivity index (χ0v) is 9.78. The molecule has 0 amide bonds. The smallest absolute Gasteiger partial charge is 0.190 e. The lowest BCUT2D eigenvalue weighted by molar-refractivity contribution is 0.608. The van der Waals surface area contributed by atoms with E-state index in [1.807, 2.05) is 20.2 Å². The van der Waals surface area contributed by atoms with E-state index in [9.17, 15) is 0 Å². The predicted octanol–water partition coefficient (Wildman–Crippen LogP) is 0.784. The van der Waals surface area contributed by atoms with E-state index < -0.39 is 0 Å². The molecular weight excluding hydrogens is 267 g/mol. The first kappa shape index (κ1) is 14.0. The Hall–Kier alpha value is -0.510. The summed E-state index contributed by atoms with van der Waals surface area (Å²) in [5.74, 6) is 0.517. The van der Waals surface area contributed by atoms with Gasteiger partial charge >= 0.3 is 0 Å². The molecule has 0 aromatic heterocycles. The zero-order valence-electron chi connectivity index (χ0n) is 7.45. The van der Waals surface area contributed by atoms with Crippen molar-refractivity contribution in [2.75, 3.05) is 20.6 Å². The molecule has 4 nitrogen and oxygen atoms in total. The third kappa shape index (κ3) is 7.60. The van der Waals surface area contributed by atoms with E-state index >= 15 is 0 Å². The maximum atomic E-state index is 8.20. The van der Waals surface area contributed by atoms with Crippen molar-refractivity contribution in [2.45, 2.75) is 12.8 Å². The summed E-state index contributed by atoms with van der Waals surface area (Å²) in [7, 11) is 3.67. The molecule has 2 N–H and O–H groups in total. The van der Waals surface area contributed by atoms with Gasteiger partial charge in [0.05, 0.1) is 6.07 Å². The SMILES string of the molecule is CN(C)C(N)=NCCCC#N.I. The van der Waals surface area contributed by atoms with Gasteiger partial charge in [0.25, 0.3) is 0 Å². The number of aliphatic imine (C=N–C) groups is 1. The third-order valence-electron chi connectivity index (χ3n) is 1.18. The van der Waals surface area contributed by atoms with Gasteiger partial charge in [0, 0.05) is 27.1 Å². The second-order valence-corrected chi connectivity index (χ2v) is 2.40. The Balaban J connectivity index is 0. The van der Waals surface area contributed by atoms with Crippen molar-refractivity contribution in [2.24, 2.45) is 10.7 Å². The standard InChI is InChI=1S/C7H14N4.HI/c1-11(2)7(9)10-6-4-3-5-8;/h3-4,6H2,1-2H3,(H2,9,10);1H. The third-order valence-corrected chi connectivity index (χ3v) is 1.18. The molecule has 0 atom stereocenters. The van der Waals surface area contributed by atoms with Crippen molar-refractivity contribution < 1.29 is 0 Å². The zero-order chi connectivity index (χ0) is 8.69. The normalized spacial score (nSPS) is 9.92. The summed E-state index contributed by atoms with van der Waals surface area (Å²) in [4.78, 5) is 5.77. The number of hydrogen-bond donors (Lipinski definition) is 1. The molecule has 0 rings (SSSR count). The molecule has 0 unspecified atom stereocenters. The Morgan fingerprint density at radius 2 is 2.17 bits per heavy atom. The largest absolute Gasteiger partial charge is 0.370 e. The molecule has 0 saturated heterocycles. The number of unbranched alkanes of at least 4 members (excludes halogenated alkanes) is 1. The first-order valence-electron chi connectivity index (χ1n) is 3.52. The Bertz CT molecular complexity index is 171. The van der Waals surface area contributed by atoms with Crippen molar-refractivity contribution in [3.63, 3.8) is 0 Å². The van der Waals surface area contributed by atoms with Crippen molar-refractivity contribution >= 4 is 29.9 Å². The fraction of sp³-hybridized carbons (Fsp3) is 0.714. The van der Waals surface area contributed by atoms with Crippen LogP contribution >= 0.6 is 24.0 Å². The molecule has 12 heavy (non-hydrogen) atoms. The monoisotopic (exact) mass is 282 g/mol. The van der Waals surface area contributed by atoms with Gasteiger partial charge in [0.2, 0.25) is 0 Å². The van der Waals surface area contributed by atoms with Crippen molar-refractivity contribution in [3.05, 3.63) is 0 Å². The van der Waals surface area contributed by atoms with Crippen molar-refractivity contribution in [3.8, 4) is 6.07 Å². The molecule has 0 radical (unpaired) electrons. The molecule has 0 fully saturated rings. The minimum absolute atomic E-state index is 0. The van der Waals surface area contributed by atoms with E-state index in [1.54, 1.807) is 4.90 Å². The quantitative estimate of drug-likeness (QED) is 0.360. The minimum Gasteiger partial charge on any atom is -0.370 e. The molecule has 0 bridgehead atoms. The fourth-order valence-electron chi connectivity index (χ4n) is 0.493. The molecule has 0 aliphatic carbocycles. The van der Waals surface area contributed by atoms with Crippen LogP contribution in [0.4, 0.5) is 0 Å². The van der Waals surface area contributed by atoms with Crippen LogP contribution in [0.25, 0.3) is 0 Å². The Labute approximate surface area is 90.5 Å². The number of guanidine groups is 1. The molecule has 0 aliphatic heterocycles. The van der Waals surface area contributed by atoms with E-state index in [2.05, 4.69) is 4.99 Å². The van der Waals surface area contributed by atoms with Crippen LogP contribution in [0.2, 0.25) is 0 Å². The van der Waals surface area contributed by atoms with Gasteiger partial charge in [-0.05, 0) is 6.42 Å². The first-order chi connectivity index (χ1) is 5.18. The highest BCUT2D eigenvalue weighted by Gasteiger charge is 1.91. The van der Waals surface area contributed by atoms with Gasteiger partial charge in [-0.25, -0.2) is 0 Å². The maximum Gasteiger partial charge on any atom is 0.190 e. The van der Waals surface area contributed by atoms with Crippen molar-refractivity contribution in [1.82, 2.24) is 4.90 Å². The van der Waals surface area contributed by atoms with Crippen LogP contribution in [0.3, 0.4) is 0 Å². The number of rotatable bonds is 3. The predicted molar refractivity (Wildman–Crippen MR) is 60.4 cm³/mol. The highest BCUT2D eigenvalue weighted by Crippen LogP contribution is 1.87. The lowest BCUT2D eigenvalue weighted by atomic mass is 10.3. The fourth-order valence-corrected chi connectivity index (χ4v) is 0.493. The summed E-state index contributed by atoms with van der Waals surface area (Å²) in [6, 6.07) is 2.05. The molecule has 0 heterocycles. The van der Waals surface area contributed by atoms with Crippen LogP contribution in [-0.4, -0.2) is 31.5 Å². The molecule has 5 heteroatoms. The lowest BCUT2D eigenvalue weighted by Gasteiger charge is -2.09. The average molecular weight is 282 g/mol. The van der Waals surface area contributed by atoms with E-state index in [4.69, 9.17) is 11.0 Å². The van der Waals surface area contributed by atoms with Crippen LogP contribution < -0.4 is 5.73 Å². The molecule has 0 aromatic rings. The van der Waals surface area contributed by atoms with E-state index in [0.29, 0.717) is 18.9 Å². The molecule has 0 saturated carbocycles. The molecular formula is C7H15IN4. The number of halogens is 1. The Morgan fingerprint density at radius 1 is 1.58 bits per heavy atom. The summed E-state index contributed by atoms with van der Waals surface area (Å²) >= 11 is 0. The van der Waals surface area contributed by atoms with Gasteiger partial charge in [-0.2, -0.15) is 5.26 Å². The molecule has 0 aliphatic rings. The Morgan fingerprint density at radius 3 is 2.58 bits per heavy atom. The number of nitrogens with two attached hydrogens (primary N) is 1. The first-order valence-corrected chi connectivity index (χ1v) is 3.52. The summed E-state index contributed by atoms with van der Waals surface area (Å²) in [5.41, 5.74) is 5.49. The molecule has 70 valence electrons. The summed E-state index contributed by atoms with van der Waals surface area (Å²) in [5, 5.41) is 8.20. The number of hydrogen-bond acceptors (Lipinski definition) is 2. The molecule has 0 aromatic carbocycles. The second-order valence-electron chi connectivity index (χ2n) is 2.40. The van der Waals surface area contributed by atoms with Gasteiger partial charge in [-0.1, -0.05) is 0 Å². The minimum atomic E-state index is 0. The summed E-state index contributed by atoms with van der Waals surface area (Å²) in [6.45, 7) is 0.636. The van der Waals surface area contributed by atoms with E-state index in [1.165, 1.54) is 0 Å². The average Bonchev–Trinajstić information content (AvgIpc) is 1.97. The van der Waals surface area contributed by atoms with E-state index in [-0.39, 0.29) is 24.0 Å². The topological polar surface area (TPSA) is 65.4 Å². The number of nitrogens with zero attached hydrogens (tertiary/aromatic N) is 3. The van der Waals surface area contributed by atoms with Crippen LogP contribution in [0, 0.1) is 11.3 Å². The highest BCUT2D eigenvalue weighted by atomic mass is 127. The van der Waals surface area contributed by atoms with Crippen LogP contribution in [0.5, 0.6) is 0 Å². The maximum absolute atomic E-state index is 8.20. The summed E-state index contributed by atoms with van der Waals surface area (Å²) in [6.07, 6.45) is 1.33. The van der Waals surface area contributed by atoms with Crippen LogP contribution in [0.15, 0.2) is 4.99 Å².